The van der Waals surface area contributed by atoms with E-state index in [4.69, 9.17) is 5.26 Å². The number of nitriles is 1. The summed E-state index contributed by atoms with van der Waals surface area (Å²) in [5.74, 6) is -0.393. The predicted octanol–water partition coefficient (Wildman–Crippen LogP) is 2.70. The third kappa shape index (κ3) is 3.74. The molecular formula is C18H15N3O2. The Bertz CT molecular complexity index is 787. The Labute approximate surface area is 133 Å². The zero-order chi connectivity index (χ0) is 16.2. The van der Waals surface area contributed by atoms with Gasteiger partial charge in [0.1, 0.15) is 0 Å². The number of carbonyl (C=O) groups is 2. The van der Waals surface area contributed by atoms with Gasteiger partial charge in [-0.05, 0) is 55.3 Å². The molecule has 23 heavy (non-hydrogen) atoms. The first-order valence-corrected chi connectivity index (χ1v) is 7.38. The smallest absolute Gasteiger partial charge is 0.255 e. The van der Waals surface area contributed by atoms with Crippen LogP contribution < -0.4 is 10.6 Å². The minimum absolute atomic E-state index is 0.110. The first-order chi connectivity index (χ1) is 11.2. The van der Waals surface area contributed by atoms with E-state index in [1.54, 1.807) is 48.5 Å². The predicted molar refractivity (Wildman–Crippen MR) is 86.0 cm³/mol. The number of benzene rings is 2. The molecule has 0 spiro atoms. The minimum Gasteiger partial charge on any atom is -0.349 e. The van der Waals surface area contributed by atoms with Crippen molar-refractivity contribution < 1.29 is 9.59 Å². The highest BCUT2D eigenvalue weighted by Crippen LogP contribution is 2.19. The van der Waals surface area contributed by atoms with E-state index in [2.05, 4.69) is 10.6 Å². The van der Waals surface area contributed by atoms with Crippen molar-refractivity contribution >= 4 is 17.5 Å². The van der Waals surface area contributed by atoms with Crippen LogP contribution in [0.15, 0.2) is 48.5 Å². The van der Waals surface area contributed by atoms with Crippen molar-refractivity contribution in [2.75, 3.05) is 5.32 Å². The van der Waals surface area contributed by atoms with Gasteiger partial charge < -0.3 is 10.6 Å². The van der Waals surface area contributed by atoms with Crippen molar-refractivity contribution in [2.45, 2.75) is 18.9 Å². The summed E-state index contributed by atoms with van der Waals surface area (Å²) < 4.78 is 0. The van der Waals surface area contributed by atoms with Gasteiger partial charge in [0, 0.05) is 22.9 Å². The molecule has 0 aromatic heterocycles. The summed E-state index contributed by atoms with van der Waals surface area (Å²) in [4.78, 5) is 24.1. The molecule has 0 unspecified atom stereocenters. The number of carbonyl (C=O) groups excluding carboxylic acids is 2. The topological polar surface area (TPSA) is 82.0 Å². The molecule has 1 saturated carbocycles. The van der Waals surface area contributed by atoms with Gasteiger partial charge in [-0.25, -0.2) is 0 Å². The maximum Gasteiger partial charge on any atom is 0.255 e. The van der Waals surface area contributed by atoms with Crippen LogP contribution >= 0.6 is 0 Å². The number of hydrogen-bond acceptors (Lipinski definition) is 3. The van der Waals surface area contributed by atoms with E-state index >= 15 is 0 Å². The fourth-order valence-corrected chi connectivity index (χ4v) is 2.14. The number of anilines is 1. The van der Waals surface area contributed by atoms with E-state index in [1.807, 2.05) is 6.07 Å². The highest BCUT2D eigenvalue weighted by Gasteiger charge is 2.23. The molecule has 0 bridgehead atoms. The number of amides is 2. The zero-order valence-corrected chi connectivity index (χ0v) is 12.4. The molecule has 2 aromatic carbocycles. The molecule has 1 aliphatic rings. The van der Waals surface area contributed by atoms with E-state index in [0.717, 1.165) is 12.8 Å². The first kappa shape index (κ1) is 14.8. The molecule has 2 N–H and O–H groups in total. The lowest BCUT2D eigenvalue weighted by Gasteiger charge is -2.07. The van der Waals surface area contributed by atoms with Gasteiger partial charge in [0.2, 0.25) is 0 Å². The van der Waals surface area contributed by atoms with Gasteiger partial charge in [0.05, 0.1) is 11.6 Å². The molecule has 0 radical (unpaired) electrons. The molecule has 5 heteroatoms. The standard InChI is InChI=1S/C18H15N3O2/c19-11-12-2-1-3-16(10-12)21-18(23)14-6-4-13(5-7-14)17(22)20-15-8-9-15/h1-7,10,15H,8-9H2,(H,20,22)(H,21,23). The molecule has 3 rings (SSSR count). The van der Waals surface area contributed by atoms with Crippen LogP contribution in [-0.2, 0) is 0 Å². The van der Waals surface area contributed by atoms with Crippen LogP contribution in [0.2, 0.25) is 0 Å². The van der Waals surface area contributed by atoms with Gasteiger partial charge in [-0.15, -0.1) is 0 Å². The quantitative estimate of drug-likeness (QED) is 0.911. The SMILES string of the molecule is N#Cc1cccc(NC(=O)c2ccc(C(=O)NC3CC3)cc2)c1. The summed E-state index contributed by atoms with van der Waals surface area (Å²) in [5.41, 5.74) is 2.04. The fourth-order valence-electron chi connectivity index (χ4n) is 2.14. The monoisotopic (exact) mass is 305 g/mol. The number of hydrogen-bond donors (Lipinski definition) is 2. The molecule has 0 atom stereocenters. The summed E-state index contributed by atoms with van der Waals surface area (Å²) >= 11 is 0. The van der Waals surface area contributed by atoms with Crippen molar-refractivity contribution in [3.8, 4) is 6.07 Å². The summed E-state index contributed by atoms with van der Waals surface area (Å²) in [7, 11) is 0. The third-order valence-electron chi connectivity index (χ3n) is 3.57. The van der Waals surface area contributed by atoms with Crippen LogP contribution in [0.5, 0.6) is 0 Å². The van der Waals surface area contributed by atoms with E-state index in [-0.39, 0.29) is 11.8 Å². The van der Waals surface area contributed by atoms with Crippen LogP contribution in [0.25, 0.3) is 0 Å². The highest BCUT2D eigenvalue weighted by atomic mass is 16.2. The van der Waals surface area contributed by atoms with Gasteiger partial charge in [-0.3, -0.25) is 9.59 Å². The molecule has 0 heterocycles. The van der Waals surface area contributed by atoms with Gasteiger partial charge in [-0.2, -0.15) is 5.26 Å². The van der Waals surface area contributed by atoms with Crippen molar-refractivity contribution in [3.63, 3.8) is 0 Å². The zero-order valence-electron chi connectivity index (χ0n) is 12.4. The van der Waals surface area contributed by atoms with Crippen molar-refractivity contribution in [3.05, 3.63) is 65.2 Å². The summed E-state index contributed by atoms with van der Waals surface area (Å²) in [6, 6.07) is 15.5. The second-order valence-electron chi connectivity index (χ2n) is 5.47. The van der Waals surface area contributed by atoms with Gasteiger partial charge >= 0.3 is 0 Å². The van der Waals surface area contributed by atoms with Crippen molar-refractivity contribution in [2.24, 2.45) is 0 Å². The average Bonchev–Trinajstić information content (AvgIpc) is 3.39. The largest absolute Gasteiger partial charge is 0.349 e. The number of nitrogens with zero attached hydrogens (tertiary/aromatic N) is 1. The normalized spacial score (nSPS) is 13.0. The second-order valence-corrected chi connectivity index (χ2v) is 5.47. The molecule has 2 aromatic rings. The van der Waals surface area contributed by atoms with Crippen LogP contribution in [0.3, 0.4) is 0 Å². The second kappa shape index (κ2) is 6.32. The fraction of sp³-hybridized carbons (Fsp3) is 0.167. The lowest BCUT2D eigenvalue weighted by molar-refractivity contribution is 0.0949. The Morgan fingerprint density at radius 1 is 1.00 bits per heavy atom. The molecule has 1 fully saturated rings. The molecule has 2 amide bonds. The van der Waals surface area contributed by atoms with Crippen LogP contribution in [0.4, 0.5) is 5.69 Å². The third-order valence-corrected chi connectivity index (χ3v) is 3.57. The van der Waals surface area contributed by atoms with Crippen LogP contribution in [-0.4, -0.2) is 17.9 Å². The van der Waals surface area contributed by atoms with E-state index in [1.165, 1.54) is 0 Å². The lowest BCUT2D eigenvalue weighted by Crippen LogP contribution is -2.25. The Balaban J connectivity index is 1.67. The molecule has 0 saturated heterocycles. The Kier molecular flexibility index (Phi) is 4.07. The highest BCUT2D eigenvalue weighted by molar-refractivity contribution is 6.05. The molecule has 5 nitrogen and oxygen atoms in total. The van der Waals surface area contributed by atoms with Gasteiger partial charge in [0.25, 0.3) is 11.8 Å². The number of nitrogens with one attached hydrogen (secondary N) is 2. The Hall–Kier alpha value is -3.13. The van der Waals surface area contributed by atoms with Crippen LogP contribution in [0.1, 0.15) is 39.1 Å². The van der Waals surface area contributed by atoms with Crippen molar-refractivity contribution in [1.29, 1.82) is 5.26 Å². The average molecular weight is 305 g/mol. The lowest BCUT2D eigenvalue weighted by atomic mass is 10.1. The van der Waals surface area contributed by atoms with Crippen LogP contribution in [0, 0.1) is 11.3 Å². The Morgan fingerprint density at radius 2 is 1.65 bits per heavy atom. The van der Waals surface area contributed by atoms with Gasteiger partial charge in [-0.1, -0.05) is 6.07 Å². The van der Waals surface area contributed by atoms with Crippen molar-refractivity contribution in [1.82, 2.24) is 5.32 Å². The van der Waals surface area contributed by atoms with E-state index in [9.17, 15) is 9.59 Å². The Morgan fingerprint density at radius 3 is 2.26 bits per heavy atom. The summed E-state index contributed by atoms with van der Waals surface area (Å²) in [6.45, 7) is 0. The minimum atomic E-state index is -0.283. The molecule has 0 aliphatic heterocycles. The van der Waals surface area contributed by atoms with Gasteiger partial charge in [0.15, 0.2) is 0 Å². The maximum absolute atomic E-state index is 12.2. The maximum atomic E-state index is 12.2. The molecular weight excluding hydrogens is 290 g/mol. The summed E-state index contributed by atoms with van der Waals surface area (Å²) in [5, 5.41) is 14.5. The van der Waals surface area contributed by atoms with E-state index < -0.39 is 0 Å². The summed E-state index contributed by atoms with van der Waals surface area (Å²) in [6.07, 6.45) is 2.07. The number of rotatable bonds is 4. The molecule has 114 valence electrons. The first-order valence-electron chi connectivity index (χ1n) is 7.38. The molecule has 1 aliphatic carbocycles. The van der Waals surface area contributed by atoms with E-state index in [0.29, 0.717) is 28.4 Å².